The van der Waals surface area contributed by atoms with Crippen molar-refractivity contribution in [2.75, 3.05) is 26.8 Å². The fourth-order valence-corrected chi connectivity index (χ4v) is 2.56. The minimum Gasteiger partial charge on any atom is -0.375 e. The van der Waals surface area contributed by atoms with Gasteiger partial charge in [-0.15, -0.1) is 0 Å². The number of piperidine rings is 1. The van der Waals surface area contributed by atoms with E-state index in [0.29, 0.717) is 11.6 Å². The Morgan fingerprint density at radius 1 is 1.48 bits per heavy atom. The van der Waals surface area contributed by atoms with Crippen molar-refractivity contribution >= 4 is 5.91 Å². The van der Waals surface area contributed by atoms with E-state index in [4.69, 9.17) is 10.00 Å². The van der Waals surface area contributed by atoms with Gasteiger partial charge in [-0.1, -0.05) is 12.1 Å². The van der Waals surface area contributed by atoms with Gasteiger partial charge in [-0.3, -0.25) is 4.79 Å². The van der Waals surface area contributed by atoms with Gasteiger partial charge in [0, 0.05) is 32.8 Å². The van der Waals surface area contributed by atoms with Crippen molar-refractivity contribution in [1.82, 2.24) is 10.2 Å². The van der Waals surface area contributed by atoms with Crippen LogP contribution >= 0.6 is 0 Å². The molecule has 112 valence electrons. The number of hydrogen-bond donors (Lipinski definition) is 1. The number of ether oxygens (including phenoxy) is 1. The SMILES string of the molecule is COCC(=O)N1CCC(NCc2cccc(C#N)c2)CC1. The highest BCUT2D eigenvalue weighted by atomic mass is 16.5. The maximum atomic E-state index is 11.7. The molecule has 1 aromatic carbocycles. The van der Waals surface area contributed by atoms with Gasteiger partial charge in [0.1, 0.15) is 6.61 Å². The third-order valence-electron chi connectivity index (χ3n) is 3.77. The fraction of sp³-hybridized carbons (Fsp3) is 0.500. The van der Waals surface area contributed by atoms with Crippen LogP contribution in [-0.4, -0.2) is 43.7 Å². The minimum atomic E-state index is 0.0673. The summed E-state index contributed by atoms with van der Waals surface area (Å²) in [7, 11) is 1.54. The summed E-state index contributed by atoms with van der Waals surface area (Å²) in [4.78, 5) is 13.6. The van der Waals surface area contributed by atoms with Crippen LogP contribution in [0.2, 0.25) is 0 Å². The largest absolute Gasteiger partial charge is 0.375 e. The molecule has 21 heavy (non-hydrogen) atoms. The lowest BCUT2D eigenvalue weighted by Crippen LogP contribution is -2.45. The van der Waals surface area contributed by atoms with E-state index in [1.54, 1.807) is 7.11 Å². The fourth-order valence-electron chi connectivity index (χ4n) is 2.56. The van der Waals surface area contributed by atoms with E-state index in [9.17, 15) is 4.79 Å². The quantitative estimate of drug-likeness (QED) is 0.886. The summed E-state index contributed by atoms with van der Waals surface area (Å²) < 4.78 is 4.88. The van der Waals surface area contributed by atoms with Gasteiger partial charge in [0.15, 0.2) is 0 Å². The normalized spacial score (nSPS) is 15.7. The lowest BCUT2D eigenvalue weighted by molar-refractivity contribution is -0.136. The molecule has 1 heterocycles. The van der Waals surface area contributed by atoms with Crippen LogP contribution in [0.4, 0.5) is 0 Å². The van der Waals surface area contributed by atoms with Crippen molar-refractivity contribution in [3.05, 3.63) is 35.4 Å². The third-order valence-corrected chi connectivity index (χ3v) is 3.77. The van der Waals surface area contributed by atoms with E-state index in [1.165, 1.54) is 0 Å². The second-order valence-corrected chi connectivity index (χ2v) is 5.28. The first kappa shape index (κ1) is 15.5. The summed E-state index contributed by atoms with van der Waals surface area (Å²) in [5.74, 6) is 0.0673. The zero-order valence-electron chi connectivity index (χ0n) is 12.3. The van der Waals surface area contributed by atoms with Gasteiger partial charge in [-0.05, 0) is 30.5 Å². The second kappa shape index (κ2) is 7.77. The highest BCUT2D eigenvalue weighted by molar-refractivity contribution is 5.77. The van der Waals surface area contributed by atoms with E-state index in [0.717, 1.165) is 38.0 Å². The molecule has 0 atom stereocenters. The van der Waals surface area contributed by atoms with E-state index in [-0.39, 0.29) is 12.5 Å². The summed E-state index contributed by atoms with van der Waals surface area (Å²) in [5.41, 5.74) is 1.81. The molecule has 1 aliphatic heterocycles. The number of benzene rings is 1. The van der Waals surface area contributed by atoms with Crippen LogP contribution in [0, 0.1) is 11.3 Å². The Morgan fingerprint density at radius 3 is 2.90 bits per heavy atom. The molecule has 1 aromatic rings. The lowest BCUT2D eigenvalue weighted by Gasteiger charge is -2.32. The molecule has 0 aromatic heterocycles. The Balaban J connectivity index is 1.76. The Labute approximate surface area is 125 Å². The Kier molecular flexibility index (Phi) is 5.73. The number of nitriles is 1. The van der Waals surface area contributed by atoms with Gasteiger partial charge < -0.3 is 15.0 Å². The van der Waals surface area contributed by atoms with Crippen molar-refractivity contribution in [3.8, 4) is 6.07 Å². The number of methoxy groups -OCH3 is 1. The third kappa shape index (κ3) is 4.55. The molecule has 5 nitrogen and oxygen atoms in total. The van der Waals surface area contributed by atoms with Crippen LogP contribution in [0.1, 0.15) is 24.0 Å². The first-order chi connectivity index (χ1) is 10.2. The predicted molar refractivity (Wildman–Crippen MR) is 79.5 cm³/mol. The van der Waals surface area contributed by atoms with Crippen LogP contribution < -0.4 is 5.32 Å². The molecule has 5 heteroatoms. The Hall–Kier alpha value is -1.90. The van der Waals surface area contributed by atoms with Crippen molar-refractivity contribution in [2.24, 2.45) is 0 Å². The molecule has 1 N–H and O–H groups in total. The number of carbonyl (C=O) groups excluding carboxylic acids is 1. The van der Waals surface area contributed by atoms with Crippen LogP contribution in [-0.2, 0) is 16.1 Å². The lowest BCUT2D eigenvalue weighted by atomic mass is 10.0. The van der Waals surface area contributed by atoms with Crippen LogP contribution in [0.25, 0.3) is 0 Å². The molecule has 1 aliphatic rings. The van der Waals surface area contributed by atoms with Crippen molar-refractivity contribution < 1.29 is 9.53 Å². The van der Waals surface area contributed by atoms with Gasteiger partial charge in [-0.25, -0.2) is 0 Å². The standard InChI is InChI=1S/C16H21N3O2/c1-21-12-16(20)19-7-5-15(6-8-19)18-11-14-4-2-3-13(9-14)10-17/h2-4,9,15,18H,5-8,11-12H2,1H3. The van der Waals surface area contributed by atoms with E-state index < -0.39 is 0 Å². The number of nitrogens with one attached hydrogen (secondary N) is 1. The molecule has 0 bridgehead atoms. The molecule has 1 saturated heterocycles. The summed E-state index contributed by atoms with van der Waals surface area (Å²) in [6.07, 6.45) is 1.90. The molecule has 1 fully saturated rings. The zero-order chi connectivity index (χ0) is 15.1. The van der Waals surface area contributed by atoms with Crippen molar-refractivity contribution in [1.29, 1.82) is 5.26 Å². The average molecular weight is 287 g/mol. The van der Waals surface area contributed by atoms with Crippen molar-refractivity contribution in [2.45, 2.75) is 25.4 Å². The van der Waals surface area contributed by atoms with Gasteiger partial charge in [0.2, 0.25) is 5.91 Å². The topological polar surface area (TPSA) is 65.4 Å². The summed E-state index contributed by atoms with van der Waals surface area (Å²) in [5, 5.41) is 12.4. The number of likely N-dealkylation sites (tertiary alicyclic amines) is 1. The Morgan fingerprint density at radius 2 is 2.24 bits per heavy atom. The monoisotopic (exact) mass is 287 g/mol. The smallest absolute Gasteiger partial charge is 0.248 e. The van der Waals surface area contributed by atoms with E-state index in [2.05, 4.69) is 11.4 Å². The van der Waals surface area contributed by atoms with Crippen LogP contribution in [0.5, 0.6) is 0 Å². The van der Waals surface area contributed by atoms with Crippen LogP contribution in [0.3, 0.4) is 0 Å². The average Bonchev–Trinajstić information content (AvgIpc) is 2.54. The number of hydrogen-bond acceptors (Lipinski definition) is 4. The second-order valence-electron chi connectivity index (χ2n) is 5.28. The van der Waals surface area contributed by atoms with Gasteiger partial charge >= 0.3 is 0 Å². The first-order valence-corrected chi connectivity index (χ1v) is 7.22. The predicted octanol–water partition coefficient (Wildman–Crippen LogP) is 1.29. The molecule has 2 rings (SSSR count). The molecule has 0 radical (unpaired) electrons. The number of amides is 1. The van der Waals surface area contributed by atoms with Gasteiger partial charge in [0.05, 0.1) is 11.6 Å². The summed E-state index contributed by atoms with van der Waals surface area (Å²) >= 11 is 0. The van der Waals surface area contributed by atoms with Crippen LogP contribution in [0.15, 0.2) is 24.3 Å². The number of nitrogens with zero attached hydrogens (tertiary/aromatic N) is 2. The molecule has 0 unspecified atom stereocenters. The van der Waals surface area contributed by atoms with Gasteiger partial charge in [-0.2, -0.15) is 5.26 Å². The van der Waals surface area contributed by atoms with E-state index in [1.807, 2.05) is 29.2 Å². The maximum absolute atomic E-state index is 11.7. The van der Waals surface area contributed by atoms with Gasteiger partial charge in [0.25, 0.3) is 0 Å². The molecule has 0 spiro atoms. The maximum Gasteiger partial charge on any atom is 0.248 e. The molecular formula is C16H21N3O2. The summed E-state index contributed by atoms with van der Waals surface area (Å²) in [6.45, 7) is 2.47. The molecule has 1 amide bonds. The molecule has 0 saturated carbocycles. The first-order valence-electron chi connectivity index (χ1n) is 7.22. The molecule has 0 aliphatic carbocycles. The summed E-state index contributed by atoms with van der Waals surface area (Å²) in [6, 6.07) is 10.2. The minimum absolute atomic E-state index is 0.0673. The van der Waals surface area contributed by atoms with Crippen molar-refractivity contribution in [3.63, 3.8) is 0 Å². The zero-order valence-corrected chi connectivity index (χ0v) is 12.3. The molecular weight excluding hydrogens is 266 g/mol. The number of rotatable bonds is 5. The highest BCUT2D eigenvalue weighted by Crippen LogP contribution is 2.12. The Bertz CT molecular complexity index is 516. The number of carbonyl (C=O) groups is 1. The highest BCUT2D eigenvalue weighted by Gasteiger charge is 2.22. The van der Waals surface area contributed by atoms with E-state index >= 15 is 0 Å².